The monoisotopic (exact) mass is 347 g/mol. The molecule has 1 aliphatic heterocycles. The van der Waals surface area contributed by atoms with Crippen LogP contribution < -0.4 is 5.32 Å². The molecule has 3 rings (SSSR count). The predicted octanol–water partition coefficient (Wildman–Crippen LogP) is 1.80. The van der Waals surface area contributed by atoms with Crippen LogP contribution >= 0.6 is 0 Å². The molecule has 1 atom stereocenters. The van der Waals surface area contributed by atoms with Crippen LogP contribution in [0.1, 0.15) is 34.5 Å². The minimum absolute atomic E-state index is 0.0176. The van der Waals surface area contributed by atoms with E-state index in [4.69, 9.17) is 0 Å². The smallest absolute Gasteiger partial charge is 0.255 e. The zero-order valence-corrected chi connectivity index (χ0v) is 14.6. The van der Waals surface area contributed by atoms with Gasteiger partial charge in [0.25, 0.3) is 5.91 Å². The first-order valence-electron chi connectivity index (χ1n) is 7.99. The summed E-state index contributed by atoms with van der Waals surface area (Å²) in [7, 11) is -3.05. The van der Waals surface area contributed by atoms with Crippen LogP contribution in [0, 0.1) is 13.8 Å². The lowest BCUT2D eigenvalue weighted by Gasteiger charge is -2.22. The lowest BCUT2D eigenvalue weighted by atomic mass is 10.1. The molecule has 1 amide bonds. The fraction of sp³-hybridized carbons (Fsp3) is 0.412. The van der Waals surface area contributed by atoms with Crippen LogP contribution in [0.5, 0.6) is 0 Å². The van der Waals surface area contributed by atoms with Crippen LogP contribution in [0.25, 0.3) is 5.69 Å². The summed E-state index contributed by atoms with van der Waals surface area (Å²) in [6.45, 7) is 3.83. The highest BCUT2D eigenvalue weighted by atomic mass is 32.2. The Kier molecular flexibility index (Phi) is 4.45. The van der Waals surface area contributed by atoms with Crippen LogP contribution in [0.2, 0.25) is 0 Å². The number of rotatable bonds is 3. The normalized spacial score (nSPS) is 19.8. The summed E-state index contributed by atoms with van der Waals surface area (Å²) < 4.78 is 25.1. The summed E-state index contributed by atoms with van der Waals surface area (Å²) >= 11 is 0. The van der Waals surface area contributed by atoms with Crippen LogP contribution in [-0.4, -0.2) is 41.7 Å². The number of sulfone groups is 1. The number of nitrogens with zero attached hydrogens (tertiary/aromatic N) is 2. The maximum Gasteiger partial charge on any atom is 0.255 e. The Morgan fingerprint density at radius 3 is 2.75 bits per heavy atom. The van der Waals surface area contributed by atoms with Crippen LogP contribution in [0.4, 0.5) is 0 Å². The van der Waals surface area contributed by atoms with Crippen molar-refractivity contribution in [3.8, 4) is 5.69 Å². The van der Waals surface area contributed by atoms with E-state index in [-0.39, 0.29) is 23.5 Å². The number of nitrogens with one attached hydrogen (secondary N) is 1. The molecule has 1 fully saturated rings. The van der Waals surface area contributed by atoms with Gasteiger partial charge in [-0.05, 0) is 38.3 Å². The first-order chi connectivity index (χ1) is 11.4. The maximum absolute atomic E-state index is 12.5. The van der Waals surface area contributed by atoms with Gasteiger partial charge in [0.1, 0.15) is 0 Å². The second kappa shape index (κ2) is 6.39. The Labute approximate surface area is 141 Å². The minimum Gasteiger partial charge on any atom is -0.348 e. The zero-order valence-electron chi connectivity index (χ0n) is 13.8. The summed E-state index contributed by atoms with van der Waals surface area (Å²) in [6, 6.07) is 7.50. The number of benzene rings is 1. The molecule has 0 bridgehead atoms. The summed E-state index contributed by atoms with van der Waals surface area (Å²) in [5.74, 6) is -0.0395. The molecule has 6 nitrogen and oxygen atoms in total. The molecule has 1 aromatic heterocycles. The van der Waals surface area contributed by atoms with Gasteiger partial charge in [0, 0.05) is 6.04 Å². The molecule has 2 aromatic rings. The van der Waals surface area contributed by atoms with E-state index in [1.54, 1.807) is 4.68 Å². The molecular formula is C17H21N3O3S. The van der Waals surface area contributed by atoms with Gasteiger partial charge in [0.2, 0.25) is 0 Å². The Morgan fingerprint density at radius 2 is 2.04 bits per heavy atom. The second-order valence-corrected chi connectivity index (χ2v) is 8.50. The van der Waals surface area contributed by atoms with Crippen LogP contribution in [-0.2, 0) is 9.84 Å². The summed E-state index contributed by atoms with van der Waals surface area (Å²) in [5, 5.41) is 7.17. The maximum atomic E-state index is 12.5. The number of hydrogen-bond donors (Lipinski definition) is 1. The van der Waals surface area contributed by atoms with E-state index in [0.717, 1.165) is 16.9 Å². The van der Waals surface area contributed by atoms with Gasteiger partial charge in [0.15, 0.2) is 9.84 Å². The molecule has 1 N–H and O–H groups in total. The van der Waals surface area contributed by atoms with Gasteiger partial charge in [-0.2, -0.15) is 5.10 Å². The highest BCUT2D eigenvalue weighted by Crippen LogP contribution is 2.18. The van der Waals surface area contributed by atoms with Gasteiger partial charge in [-0.1, -0.05) is 18.2 Å². The largest absolute Gasteiger partial charge is 0.348 e. The van der Waals surface area contributed by atoms with E-state index in [2.05, 4.69) is 10.4 Å². The molecule has 0 spiro atoms. The van der Waals surface area contributed by atoms with Crippen molar-refractivity contribution in [2.75, 3.05) is 11.5 Å². The molecule has 0 aliphatic carbocycles. The standard InChI is InChI=1S/C17H21N3O3S/c1-12-6-3-4-8-16(12)20-13(2)15(10-18-20)17(21)19-14-7-5-9-24(22,23)11-14/h3-4,6,8,10,14H,5,7,9,11H2,1-2H3,(H,19,21). The van der Waals surface area contributed by atoms with Crippen LogP contribution in [0.3, 0.4) is 0 Å². The first kappa shape index (κ1) is 16.7. The zero-order chi connectivity index (χ0) is 17.3. The van der Waals surface area contributed by atoms with E-state index >= 15 is 0 Å². The molecule has 7 heteroatoms. The number of aryl methyl sites for hydroxylation is 1. The van der Waals surface area contributed by atoms with Crippen molar-refractivity contribution in [2.24, 2.45) is 0 Å². The number of carbonyl (C=O) groups excluding carboxylic acids is 1. The highest BCUT2D eigenvalue weighted by molar-refractivity contribution is 7.91. The van der Waals surface area contributed by atoms with Crippen molar-refractivity contribution in [3.05, 3.63) is 47.3 Å². The van der Waals surface area contributed by atoms with E-state index in [0.29, 0.717) is 18.4 Å². The molecule has 1 aromatic carbocycles. The number of aromatic nitrogens is 2. The van der Waals surface area contributed by atoms with Gasteiger partial charge >= 0.3 is 0 Å². The number of para-hydroxylation sites is 1. The number of amides is 1. The molecule has 24 heavy (non-hydrogen) atoms. The Bertz CT molecular complexity index is 871. The van der Waals surface area contributed by atoms with E-state index in [9.17, 15) is 13.2 Å². The van der Waals surface area contributed by atoms with Crippen molar-refractivity contribution in [2.45, 2.75) is 32.7 Å². The van der Waals surface area contributed by atoms with Crippen molar-refractivity contribution < 1.29 is 13.2 Å². The predicted molar refractivity (Wildman–Crippen MR) is 92.2 cm³/mol. The number of hydrogen-bond acceptors (Lipinski definition) is 4. The summed E-state index contributed by atoms with van der Waals surface area (Å²) in [5.41, 5.74) is 3.20. The van der Waals surface area contributed by atoms with E-state index in [1.807, 2.05) is 38.1 Å². The van der Waals surface area contributed by atoms with Crippen molar-refractivity contribution in [1.29, 1.82) is 0 Å². The SMILES string of the molecule is Cc1ccccc1-n1ncc(C(=O)NC2CCCS(=O)(=O)C2)c1C. The van der Waals surface area contributed by atoms with Crippen molar-refractivity contribution in [1.82, 2.24) is 15.1 Å². The van der Waals surface area contributed by atoms with Gasteiger partial charge < -0.3 is 5.32 Å². The topological polar surface area (TPSA) is 81.1 Å². The quantitative estimate of drug-likeness (QED) is 0.918. The Balaban J connectivity index is 1.81. The third kappa shape index (κ3) is 3.36. The van der Waals surface area contributed by atoms with Gasteiger partial charge in [-0.15, -0.1) is 0 Å². The number of carbonyl (C=O) groups is 1. The molecule has 0 saturated carbocycles. The third-order valence-electron chi connectivity index (χ3n) is 4.40. The lowest BCUT2D eigenvalue weighted by molar-refractivity contribution is 0.0937. The average molecular weight is 347 g/mol. The molecule has 1 saturated heterocycles. The fourth-order valence-corrected chi connectivity index (χ4v) is 4.71. The molecule has 2 heterocycles. The molecule has 0 radical (unpaired) electrons. The minimum atomic E-state index is -3.05. The Hall–Kier alpha value is -2.15. The highest BCUT2D eigenvalue weighted by Gasteiger charge is 2.27. The van der Waals surface area contributed by atoms with Gasteiger partial charge in [-0.3, -0.25) is 4.79 Å². The molecule has 1 unspecified atom stereocenters. The van der Waals surface area contributed by atoms with Crippen molar-refractivity contribution >= 4 is 15.7 Å². The lowest BCUT2D eigenvalue weighted by Crippen LogP contribution is -2.43. The van der Waals surface area contributed by atoms with E-state index in [1.165, 1.54) is 6.20 Å². The average Bonchev–Trinajstić information content (AvgIpc) is 2.88. The van der Waals surface area contributed by atoms with E-state index < -0.39 is 9.84 Å². The van der Waals surface area contributed by atoms with Crippen LogP contribution in [0.15, 0.2) is 30.5 Å². The molecule has 1 aliphatic rings. The summed E-state index contributed by atoms with van der Waals surface area (Å²) in [4.78, 5) is 12.5. The molecular weight excluding hydrogens is 326 g/mol. The Morgan fingerprint density at radius 1 is 1.29 bits per heavy atom. The summed E-state index contributed by atoms with van der Waals surface area (Å²) in [6.07, 6.45) is 2.82. The third-order valence-corrected chi connectivity index (χ3v) is 6.22. The van der Waals surface area contributed by atoms with Gasteiger partial charge in [0.05, 0.1) is 34.6 Å². The molecule has 128 valence electrons. The first-order valence-corrected chi connectivity index (χ1v) is 9.81. The van der Waals surface area contributed by atoms with Gasteiger partial charge in [-0.25, -0.2) is 13.1 Å². The fourth-order valence-electron chi connectivity index (χ4n) is 3.08. The second-order valence-electron chi connectivity index (χ2n) is 6.27. The van der Waals surface area contributed by atoms with Crippen molar-refractivity contribution in [3.63, 3.8) is 0 Å².